The van der Waals surface area contributed by atoms with E-state index in [2.05, 4.69) is 39.9 Å². The minimum absolute atomic E-state index is 0.252. The van der Waals surface area contributed by atoms with Gasteiger partial charge in [-0.1, -0.05) is 30.3 Å². The summed E-state index contributed by atoms with van der Waals surface area (Å²) in [4.78, 5) is 15.8. The summed E-state index contributed by atoms with van der Waals surface area (Å²) in [6, 6.07) is 14.3. The van der Waals surface area contributed by atoms with Crippen LogP contribution in [0, 0.1) is 0 Å². The van der Waals surface area contributed by atoms with Gasteiger partial charge in [-0.3, -0.25) is 5.32 Å². The van der Waals surface area contributed by atoms with Crippen LogP contribution in [0.2, 0.25) is 0 Å². The van der Waals surface area contributed by atoms with E-state index in [1.54, 1.807) is 6.20 Å². The second-order valence-corrected chi connectivity index (χ2v) is 6.66. The normalized spacial score (nSPS) is 12.3. The molecule has 2 N–H and O–H groups in total. The third-order valence-corrected chi connectivity index (χ3v) is 4.77. The molecule has 0 aliphatic carbocycles. The molecule has 25 heavy (non-hydrogen) atoms. The summed E-state index contributed by atoms with van der Waals surface area (Å²) in [5.74, 6) is 0.996. The summed E-state index contributed by atoms with van der Waals surface area (Å²) in [7, 11) is 0. The minimum atomic E-state index is -0.252. The lowest BCUT2D eigenvalue weighted by molar-refractivity contribution is 0.251. The number of carbonyl (C=O) groups excluding carboxylic acids is 1. The highest BCUT2D eigenvalue weighted by Gasteiger charge is 2.12. The maximum atomic E-state index is 11.8. The van der Waals surface area contributed by atoms with Crippen molar-refractivity contribution in [1.29, 1.82) is 0 Å². The molecule has 2 aromatic carbocycles. The molecule has 0 fully saturated rings. The van der Waals surface area contributed by atoms with E-state index >= 15 is 0 Å². The second kappa shape index (κ2) is 6.94. The Kier molecular flexibility index (Phi) is 4.35. The fraction of sp³-hybridized carbons (Fsp3) is 0.158. The van der Waals surface area contributed by atoms with Crippen molar-refractivity contribution in [2.75, 3.05) is 11.9 Å². The van der Waals surface area contributed by atoms with Crippen LogP contribution in [-0.2, 0) is 13.0 Å². The van der Waals surface area contributed by atoms with Gasteiger partial charge < -0.3 is 10.1 Å². The van der Waals surface area contributed by atoms with Gasteiger partial charge in [0, 0.05) is 24.5 Å². The van der Waals surface area contributed by atoms with E-state index in [1.807, 2.05) is 23.6 Å². The summed E-state index contributed by atoms with van der Waals surface area (Å²) in [5, 5.41) is 7.94. The lowest BCUT2D eigenvalue weighted by Crippen LogP contribution is -2.28. The number of benzene rings is 2. The third kappa shape index (κ3) is 3.64. The van der Waals surface area contributed by atoms with E-state index in [-0.39, 0.29) is 6.03 Å². The molecular weight excluding hydrogens is 334 g/mol. The quantitative estimate of drug-likeness (QED) is 0.745. The van der Waals surface area contributed by atoms with E-state index < -0.39 is 0 Å². The van der Waals surface area contributed by atoms with E-state index in [9.17, 15) is 4.79 Å². The lowest BCUT2D eigenvalue weighted by Gasteiger charge is -2.08. The molecule has 0 unspecified atom stereocenters. The van der Waals surface area contributed by atoms with Gasteiger partial charge >= 0.3 is 6.03 Å². The zero-order valence-electron chi connectivity index (χ0n) is 13.5. The number of urea groups is 1. The Morgan fingerprint density at radius 3 is 2.80 bits per heavy atom. The molecule has 0 spiro atoms. The maximum Gasteiger partial charge on any atom is 0.321 e. The Labute approximate surface area is 149 Å². The van der Waals surface area contributed by atoms with Crippen LogP contribution in [0.1, 0.15) is 11.1 Å². The van der Waals surface area contributed by atoms with Gasteiger partial charge in [0.25, 0.3) is 0 Å². The number of hydrogen-bond donors (Lipinski definition) is 2. The predicted octanol–water partition coefficient (Wildman–Crippen LogP) is 4.07. The SMILES string of the molecule is O=C(NCc1ccc(-c2ccc3c(c2)CCO3)cc1)Nc1nccs1. The van der Waals surface area contributed by atoms with Crippen molar-refractivity contribution < 1.29 is 9.53 Å². The van der Waals surface area contributed by atoms with Crippen LogP contribution in [0.15, 0.2) is 54.0 Å². The van der Waals surface area contributed by atoms with Gasteiger partial charge in [0.1, 0.15) is 5.75 Å². The molecule has 3 aromatic rings. The van der Waals surface area contributed by atoms with Crippen molar-refractivity contribution in [2.45, 2.75) is 13.0 Å². The molecule has 0 radical (unpaired) electrons. The Bertz CT molecular complexity index is 876. The summed E-state index contributed by atoms with van der Waals surface area (Å²) in [6.07, 6.45) is 2.63. The van der Waals surface area contributed by atoms with Crippen molar-refractivity contribution >= 4 is 22.5 Å². The largest absolute Gasteiger partial charge is 0.493 e. The molecule has 0 saturated heterocycles. The molecule has 0 atom stereocenters. The molecule has 1 aliphatic heterocycles. The first-order valence-electron chi connectivity index (χ1n) is 8.07. The van der Waals surface area contributed by atoms with Crippen LogP contribution in [0.4, 0.5) is 9.93 Å². The zero-order valence-corrected chi connectivity index (χ0v) is 14.3. The topological polar surface area (TPSA) is 63.2 Å². The van der Waals surface area contributed by atoms with Crippen molar-refractivity contribution in [3.8, 4) is 16.9 Å². The first kappa shape index (κ1) is 15.7. The van der Waals surface area contributed by atoms with Crippen LogP contribution in [0.25, 0.3) is 11.1 Å². The Morgan fingerprint density at radius 2 is 2.00 bits per heavy atom. The van der Waals surface area contributed by atoms with Gasteiger partial charge in [-0.05, 0) is 34.4 Å². The first-order valence-corrected chi connectivity index (χ1v) is 8.95. The first-order chi connectivity index (χ1) is 12.3. The summed E-state index contributed by atoms with van der Waals surface area (Å²) in [6.45, 7) is 1.24. The Hall–Kier alpha value is -2.86. The zero-order chi connectivity index (χ0) is 17.1. The molecule has 1 aliphatic rings. The fourth-order valence-electron chi connectivity index (χ4n) is 2.79. The number of anilines is 1. The van der Waals surface area contributed by atoms with Crippen LogP contribution in [-0.4, -0.2) is 17.6 Å². The van der Waals surface area contributed by atoms with Gasteiger partial charge in [-0.25, -0.2) is 9.78 Å². The van der Waals surface area contributed by atoms with E-state index in [0.29, 0.717) is 11.7 Å². The van der Waals surface area contributed by atoms with E-state index in [4.69, 9.17) is 4.74 Å². The smallest absolute Gasteiger partial charge is 0.321 e. The molecule has 2 amide bonds. The monoisotopic (exact) mass is 351 g/mol. The average molecular weight is 351 g/mol. The number of thiazole rings is 1. The molecular formula is C19H17N3O2S. The van der Waals surface area contributed by atoms with Gasteiger partial charge in [0.2, 0.25) is 0 Å². The number of amides is 2. The molecule has 0 saturated carbocycles. The number of aromatic nitrogens is 1. The number of fused-ring (bicyclic) bond motifs is 1. The van der Waals surface area contributed by atoms with Gasteiger partial charge in [0.05, 0.1) is 6.61 Å². The summed E-state index contributed by atoms with van der Waals surface area (Å²) >= 11 is 1.39. The predicted molar refractivity (Wildman–Crippen MR) is 99.0 cm³/mol. The van der Waals surface area contributed by atoms with E-state index in [0.717, 1.165) is 29.9 Å². The van der Waals surface area contributed by atoms with Crippen LogP contribution >= 0.6 is 11.3 Å². The number of nitrogens with zero attached hydrogens (tertiary/aromatic N) is 1. The lowest BCUT2D eigenvalue weighted by atomic mass is 10.0. The molecule has 5 nitrogen and oxygen atoms in total. The van der Waals surface area contributed by atoms with Crippen LogP contribution in [0.5, 0.6) is 5.75 Å². The van der Waals surface area contributed by atoms with Gasteiger partial charge in [0.15, 0.2) is 5.13 Å². The molecule has 4 rings (SSSR count). The number of nitrogens with one attached hydrogen (secondary N) is 2. The van der Waals surface area contributed by atoms with Gasteiger partial charge in [-0.2, -0.15) is 0 Å². The van der Waals surface area contributed by atoms with Crippen molar-refractivity contribution in [3.63, 3.8) is 0 Å². The third-order valence-electron chi connectivity index (χ3n) is 4.08. The van der Waals surface area contributed by atoms with Crippen molar-refractivity contribution in [1.82, 2.24) is 10.3 Å². The highest BCUT2D eigenvalue weighted by molar-refractivity contribution is 7.13. The minimum Gasteiger partial charge on any atom is -0.493 e. The van der Waals surface area contributed by atoms with Crippen molar-refractivity contribution in [2.24, 2.45) is 0 Å². The highest BCUT2D eigenvalue weighted by atomic mass is 32.1. The second-order valence-electron chi connectivity index (χ2n) is 5.76. The number of carbonyl (C=O) groups is 1. The summed E-state index contributed by atoms with van der Waals surface area (Å²) < 4.78 is 5.55. The van der Waals surface area contributed by atoms with Crippen LogP contribution in [0.3, 0.4) is 0 Å². The molecule has 2 heterocycles. The molecule has 1 aromatic heterocycles. The number of rotatable bonds is 4. The highest BCUT2D eigenvalue weighted by Crippen LogP contribution is 2.30. The average Bonchev–Trinajstić information content (AvgIpc) is 3.31. The number of ether oxygens (including phenoxy) is 1. The van der Waals surface area contributed by atoms with Crippen molar-refractivity contribution in [3.05, 3.63) is 65.2 Å². The molecule has 126 valence electrons. The fourth-order valence-corrected chi connectivity index (χ4v) is 3.31. The molecule has 0 bridgehead atoms. The Balaban J connectivity index is 1.38. The van der Waals surface area contributed by atoms with Gasteiger partial charge in [-0.15, -0.1) is 11.3 Å². The number of hydrogen-bond acceptors (Lipinski definition) is 4. The van der Waals surface area contributed by atoms with Crippen LogP contribution < -0.4 is 15.4 Å². The van der Waals surface area contributed by atoms with E-state index in [1.165, 1.54) is 22.5 Å². The molecule has 6 heteroatoms. The summed E-state index contributed by atoms with van der Waals surface area (Å²) in [5.41, 5.74) is 4.65. The maximum absolute atomic E-state index is 11.8. The Morgan fingerprint density at radius 1 is 1.16 bits per heavy atom. The standard InChI is InChI=1S/C19H17N3O2S/c23-18(22-19-20-8-10-25-19)21-12-13-1-3-14(4-2-13)15-5-6-17-16(11-15)7-9-24-17/h1-6,8,10-11H,7,9,12H2,(H2,20,21,22,23).